The predicted octanol–water partition coefficient (Wildman–Crippen LogP) is 4.03. The number of carbonyl (C=O) groups is 1. The second-order valence-electron chi connectivity index (χ2n) is 6.44. The molecule has 0 aliphatic carbocycles. The van der Waals surface area contributed by atoms with E-state index in [0.717, 1.165) is 31.5 Å². The van der Waals surface area contributed by atoms with E-state index >= 15 is 0 Å². The minimum absolute atomic E-state index is 0.00584. The molecule has 24 heavy (non-hydrogen) atoms. The molecule has 1 aliphatic heterocycles. The molecule has 1 fully saturated rings. The number of piperidine rings is 1. The van der Waals surface area contributed by atoms with Crippen LogP contribution in [0.1, 0.15) is 63.4 Å². The fraction of sp³-hybridized carbons (Fsp3) is 0.706. The van der Waals surface area contributed by atoms with Gasteiger partial charge in [0.25, 0.3) is 0 Å². The van der Waals surface area contributed by atoms with Crippen molar-refractivity contribution < 1.29 is 18.0 Å². The van der Waals surface area contributed by atoms with Crippen molar-refractivity contribution in [3.8, 4) is 0 Å². The van der Waals surface area contributed by atoms with Crippen molar-refractivity contribution in [1.29, 1.82) is 0 Å². The second kappa shape index (κ2) is 7.94. The number of likely N-dealkylation sites (tertiary alicyclic amines) is 1. The van der Waals surface area contributed by atoms with Crippen LogP contribution in [0.15, 0.2) is 12.3 Å². The Balaban J connectivity index is 1.94. The molecule has 0 bridgehead atoms. The Labute approximate surface area is 140 Å². The molecule has 7 heteroatoms. The molecule has 1 atom stereocenters. The van der Waals surface area contributed by atoms with E-state index in [1.807, 2.05) is 11.8 Å². The van der Waals surface area contributed by atoms with E-state index < -0.39 is 11.9 Å². The van der Waals surface area contributed by atoms with E-state index in [4.69, 9.17) is 0 Å². The number of alkyl halides is 3. The lowest BCUT2D eigenvalue weighted by Gasteiger charge is -2.33. The lowest BCUT2D eigenvalue weighted by molar-refractivity contribution is -0.141. The topological polar surface area (TPSA) is 46.1 Å². The summed E-state index contributed by atoms with van der Waals surface area (Å²) in [6, 6.07) is 0.886. The van der Waals surface area contributed by atoms with E-state index in [1.165, 1.54) is 0 Å². The first-order chi connectivity index (χ1) is 11.3. The highest BCUT2D eigenvalue weighted by atomic mass is 19.4. The molecule has 0 N–H and O–H groups in total. The van der Waals surface area contributed by atoms with Crippen molar-refractivity contribution in [3.05, 3.63) is 23.8 Å². The van der Waals surface area contributed by atoms with Gasteiger partial charge in [-0.2, -0.15) is 13.2 Å². The van der Waals surface area contributed by atoms with Crippen LogP contribution < -0.4 is 0 Å². The van der Waals surface area contributed by atoms with Crippen molar-refractivity contribution in [1.82, 2.24) is 14.9 Å². The van der Waals surface area contributed by atoms with Crippen LogP contribution in [0.2, 0.25) is 0 Å². The quantitative estimate of drug-likeness (QED) is 0.811. The summed E-state index contributed by atoms with van der Waals surface area (Å²) < 4.78 is 38.3. The highest BCUT2D eigenvalue weighted by Crippen LogP contribution is 2.31. The number of unbranched alkanes of at least 4 members (excludes halogenated alkanes) is 1. The lowest BCUT2D eigenvalue weighted by Crippen LogP contribution is -2.41. The summed E-state index contributed by atoms with van der Waals surface area (Å²) in [6.07, 6.45) is 0.889. The molecule has 0 radical (unpaired) electrons. The first-order valence-electron chi connectivity index (χ1n) is 8.51. The van der Waals surface area contributed by atoms with Crippen LogP contribution in [0.25, 0.3) is 0 Å². The van der Waals surface area contributed by atoms with Crippen LogP contribution >= 0.6 is 0 Å². The van der Waals surface area contributed by atoms with E-state index in [-0.39, 0.29) is 23.6 Å². The largest absolute Gasteiger partial charge is 0.433 e. The maximum atomic E-state index is 12.8. The Bertz CT molecular complexity index is 554. The average molecular weight is 343 g/mol. The Hall–Kier alpha value is -1.66. The third kappa shape index (κ3) is 4.68. The Morgan fingerprint density at radius 3 is 2.62 bits per heavy atom. The minimum Gasteiger partial charge on any atom is -0.342 e. The van der Waals surface area contributed by atoms with Gasteiger partial charge < -0.3 is 4.90 Å². The van der Waals surface area contributed by atoms with Crippen molar-refractivity contribution >= 4 is 5.91 Å². The van der Waals surface area contributed by atoms with Crippen LogP contribution in [-0.4, -0.2) is 33.9 Å². The van der Waals surface area contributed by atoms with Gasteiger partial charge in [0.1, 0.15) is 11.5 Å². The van der Waals surface area contributed by atoms with Crippen molar-refractivity contribution in [3.63, 3.8) is 0 Å². The minimum atomic E-state index is -4.46. The Morgan fingerprint density at radius 1 is 1.38 bits per heavy atom. The molecular weight excluding hydrogens is 319 g/mol. The van der Waals surface area contributed by atoms with Crippen LogP contribution in [0.3, 0.4) is 0 Å². The van der Waals surface area contributed by atoms with Gasteiger partial charge in [0.15, 0.2) is 0 Å². The number of aromatic nitrogens is 2. The first-order valence-corrected chi connectivity index (χ1v) is 8.51. The van der Waals surface area contributed by atoms with Crippen molar-refractivity contribution in [2.24, 2.45) is 5.92 Å². The summed E-state index contributed by atoms with van der Waals surface area (Å²) in [5, 5.41) is 0. The summed E-state index contributed by atoms with van der Waals surface area (Å²) in [5.41, 5.74) is -0.904. The van der Waals surface area contributed by atoms with Crippen LogP contribution in [0.4, 0.5) is 13.2 Å². The van der Waals surface area contributed by atoms with Crippen LogP contribution in [0, 0.1) is 5.92 Å². The summed E-state index contributed by atoms with van der Waals surface area (Å²) in [6.45, 7) is 5.15. The molecule has 1 aliphatic rings. The monoisotopic (exact) mass is 343 g/mol. The summed E-state index contributed by atoms with van der Waals surface area (Å²) in [7, 11) is 0. The fourth-order valence-corrected chi connectivity index (χ4v) is 3.03. The second-order valence-corrected chi connectivity index (χ2v) is 6.44. The number of halogens is 3. The standard InChI is InChI=1S/C17H24F3N3O/c1-3-4-5-12(2)16(24)23-10-7-13(8-11-23)15-21-9-6-14(22-15)17(18,19)20/h6,9,12-13H,3-5,7-8,10-11H2,1-2H3. The van der Waals surface area contributed by atoms with E-state index in [9.17, 15) is 18.0 Å². The van der Waals surface area contributed by atoms with Gasteiger partial charge in [0, 0.05) is 31.1 Å². The van der Waals surface area contributed by atoms with Gasteiger partial charge >= 0.3 is 6.18 Å². The molecule has 2 heterocycles. The molecule has 0 saturated carbocycles. The SMILES string of the molecule is CCCCC(C)C(=O)N1CCC(c2nccc(C(F)(F)F)n2)CC1. The van der Waals surface area contributed by atoms with Gasteiger partial charge in [-0.15, -0.1) is 0 Å². The molecule has 1 aromatic rings. The number of nitrogens with zero attached hydrogens (tertiary/aromatic N) is 3. The lowest BCUT2D eigenvalue weighted by atomic mass is 9.94. The van der Waals surface area contributed by atoms with Crippen molar-refractivity contribution in [2.45, 2.75) is 58.0 Å². The zero-order valence-electron chi connectivity index (χ0n) is 14.1. The smallest absolute Gasteiger partial charge is 0.342 e. The number of rotatable bonds is 5. The number of carbonyl (C=O) groups excluding carboxylic acids is 1. The zero-order chi connectivity index (χ0) is 17.7. The maximum absolute atomic E-state index is 12.8. The zero-order valence-corrected chi connectivity index (χ0v) is 14.1. The van der Waals surface area contributed by atoms with Gasteiger partial charge in [-0.1, -0.05) is 26.7 Å². The molecule has 2 rings (SSSR count). The highest BCUT2D eigenvalue weighted by molar-refractivity contribution is 5.78. The molecule has 134 valence electrons. The normalized spacial score (nSPS) is 17.8. The molecule has 0 aromatic carbocycles. The molecule has 0 spiro atoms. The summed E-state index contributed by atoms with van der Waals surface area (Å²) >= 11 is 0. The van der Waals surface area contributed by atoms with E-state index in [0.29, 0.717) is 25.9 Å². The number of hydrogen-bond acceptors (Lipinski definition) is 3. The highest BCUT2D eigenvalue weighted by Gasteiger charge is 2.34. The molecule has 4 nitrogen and oxygen atoms in total. The molecular formula is C17H24F3N3O. The third-order valence-electron chi connectivity index (χ3n) is 4.55. The van der Waals surface area contributed by atoms with Crippen LogP contribution in [-0.2, 0) is 11.0 Å². The van der Waals surface area contributed by atoms with Gasteiger partial charge in [-0.05, 0) is 25.3 Å². The summed E-state index contributed by atoms with van der Waals surface area (Å²) in [4.78, 5) is 21.9. The molecule has 1 amide bonds. The molecule has 1 saturated heterocycles. The van der Waals surface area contributed by atoms with Gasteiger partial charge in [0.2, 0.25) is 5.91 Å². The van der Waals surface area contributed by atoms with Gasteiger partial charge in [-0.25, -0.2) is 9.97 Å². The first kappa shape index (κ1) is 18.7. The van der Waals surface area contributed by atoms with Crippen LogP contribution in [0.5, 0.6) is 0 Å². The number of hydrogen-bond donors (Lipinski definition) is 0. The third-order valence-corrected chi connectivity index (χ3v) is 4.55. The van der Waals surface area contributed by atoms with Gasteiger partial charge in [-0.3, -0.25) is 4.79 Å². The van der Waals surface area contributed by atoms with E-state index in [1.54, 1.807) is 0 Å². The Morgan fingerprint density at radius 2 is 2.04 bits per heavy atom. The fourth-order valence-electron chi connectivity index (χ4n) is 3.03. The van der Waals surface area contributed by atoms with Crippen molar-refractivity contribution in [2.75, 3.05) is 13.1 Å². The summed E-state index contributed by atoms with van der Waals surface area (Å²) in [5.74, 6) is 0.261. The number of amides is 1. The average Bonchev–Trinajstić information content (AvgIpc) is 2.58. The van der Waals surface area contributed by atoms with Gasteiger partial charge in [0.05, 0.1) is 0 Å². The van der Waals surface area contributed by atoms with E-state index in [2.05, 4.69) is 16.9 Å². The maximum Gasteiger partial charge on any atom is 0.433 e. The predicted molar refractivity (Wildman–Crippen MR) is 84.3 cm³/mol. The molecule has 1 aromatic heterocycles. The molecule has 1 unspecified atom stereocenters. The Kier molecular flexibility index (Phi) is 6.18.